The topological polar surface area (TPSA) is 96.4 Å². The maximum atomic E-state index is 12.1. The fraction of sp³-hybridized carbons (Fsp3) is 0.158. The molecule has 0 spiro atoms. The summed E-state index contributed by atoms with van der Waals surface area (Å²) in [5.74, 6) is 0.305. The Morgan fingerprint density at radius 2 is 2.07 bits per heavy atom. The van der Waals surface area contributed by atoms with Crippen molar-refractivity contribution >= 4 is 50.5 Å². The van der Waals surface area contributed by atoms with Crippen LogP contribution in [-0.4, -0.2) is 40.7 Å². The van der Waals surface area contributed by atoms with Gasteiger partial charge in [0.25, 0.3) is 0 Å². The molecule has 0 atom stereocenters. The fourth-order valence-electron chi connectivity index (χ4n) is 3.04. The lowest BCUT2D eigenvalue weighted by atomic mass is 9.92. The molecule has 1 aliphatic heterocycles. The lowest BCUT2D eigenvalue weighted by Crippen LogP contribution is -2.19. The third-order valence-corrected chi connectivity index (χ3v) is 4.78. The zero-order chi connectivity index (χ0) is 19.0. The minimum Gasteiger partial charge on any atom is -0.450 e. The first-order valence-electron chi connectivity index (χ1n) is 8.37. The van der Waals surface area contributed by atoms with Crippen molar-refractivity contribution in [2.24, 2.45) is 4.99 Å². The summed E-state index contributed by atoms with van der Waals surface area (Å²) < 4.78 is 5.62. The number of H-pyrrole nitrogens is 1. The molecule has 2 aromatic carbocycles. The van der Waals surface area contributed by atoms with Gasteiger partial charge in [0.05, 0.1) is 17.8 Å². The molecule has 1 amide bonds. The Labute approximate surface area is 163 Å². The summed E-state index contributed by atoms with van der Waals surface area (Å²) in [5, 5.41) is 2.56. The van der Waals surface area contributed by atoms with Crippen molar-refractivity contribution in [2.45, 2.75) is 6.92 Å². The van der Waals surface area contributed by atoms with Gasteiger partial charge in [-0.3, -0.25) is 15.1 Å². The van der Waals surface area contributed by atoms with Crippen LogP contribution < -0.4 is 5.32 Å². The minimum absolute atomic E-state index is 0.0111. The number of ether oxygens (including phenoxy) is 1. The molecule has 4 rings (SSSR count). The maximum Gasteiger partial charge on any atom is 0.413 e. The van der Waals surface area contributed by atoms with Gasteiger partial charge >= 0.3 is 6.09 Å². The molecule has 2 heterocycles. The van der Waals surface area contributed by atoms with Crippen LogP contribution in [0, 0.1) is 0 Å². The van der Waals surface area contributed by atoms with Crippen molar-refractivity contribution in [3.05, 3.63) is 57.6 Å². The highest BCUT2D eigenvalue weighted by Crippen LogP contribution is 2.29. The summed E-state index contributed by atoms with van der Waals surface area (Å²) in [4.78, 5) is 35.6. The van der Waals surface area contributed by atoms with Gasteiger partial charge in [-0.1, -0.05) is 24.3 Å². The van der Waals surface area contributed by atoms with Crippen LogP contribution in [0.1, 0.15) is 28.4 Å². The Hall–Kier alpha value is -3.00. The number of amides is 1. The molecule has 0 unspecified atom stereocenters. The third kappa shape index (κ3) is 3.23. The number of ketones is 1. The monoisotopic (exact) mass is 426 g/mol. The van der Waals surface area contributed by atoms with Gasteiger partial charge in [-0.2, -0.15) is 0 Å². The second-order valence-corrected chi connectivity index (χ2v) is 6.77. The number of rotatable bonds is 3. The fourth-order valence-corrected chi connectivity index (χ4v) is 3.58. The molecule has 0 fully saturated rings. The van der Waals surface area contributed by atoms with E-state index in [2.05, 4.69) is 36.2 Å². The first-order chi connectivity index (χ1) is 13.1. The zero-order valence-corrected chi connectivity index (χ0v) is 16.0. The molecule has 0 aliphatic carbocycles. The van der Waals surface area contributed by atoms with E-state index in [-0.39, 0.29) is 18.9 Å². The third-order valence-electron chi connectivity index (χ3n) is 4.17. The number of nitrogens with zero attached hydrogens (tertiary/aromatic N) is 2. The molecule has 0 radical (unpaired) electrons. The number of imidazole rings is 1. The van der Waals surface area contributed by atoms with Crippen molar-refractivity contribution in [3.63, 3.8) is 0 Å². The Balaban J connectivity index is 1.76. The summed E-state index contributed by atoms with van der Waals surface area (Å²) in [6.07, 6.45) is -0.572. The van der Waals surface area contributed by atoms with Gasteiger partial charge in [0.15, 0.2) is 5.78 Å². The van der Waals surface area contributed by atoms with Crippen LogP contribution in [0.15, 0.2) is 45.9 Å². The van der Waals surface area contributed by atoms with Gasteiger partial charge in [0.2, 0.25) is 5.95 Å². The summed E-state index contributed by atoms with van der Waals surface area (Å²) in [6.45, 7) is 2.13. The van der Waals surface area contributed by atoms with E-state index in [4.69, 9.17) is 4.74 Å². The van der Waals surface area contributed by atoms with Crippen LogP contribution in [0.4, 0.5) is 10.7 Å². The molecule has 0 saturated carbocycles. The van der Waals surface area contributed by atoms with E-state index in [1.165, 1.54) is 0 Å². The number of aromatic amines is 1. The number of Topliss-reactive ketones (excluding diaryl/α,β-unsaturated/α-hetero) is 1. The first kappa shape index (κ1) is 17.4. The van der Waals surface area contributed by atoms with Crippen LogP contribution in [0.5, 0.6) is 0 Å². The highest BCUT2D eigenvalue weighted by Gasteiger charge is 2.22. The van der Waals surface area contributed by atoms with Crippen molar-refractivity contribution in [2.75, 3.05) is 18.5 Å². The van der Waals surface area contributed by atoms with Crippen LogP contribution in [-0.2, 0) is 4.74 Å². The van der Waals surface area contributed by atoms with Gasteiger partial charge < -0.3 is 9.72 Å². The SMILES string of the molecule is CCOC(=O)Nc1nc2c(Br)cc(C3=NCC(=O)c4ccccc43)cc2[nH]1. The van der Waals surface area contributed by atoms with E-state index < -0.39 is 6.09 Å². The maximum absolute atomic E-state index is 12.1. The lowest BCUT2D eigenvalue weighted by molar-refractivity contribution is 0.1000. The van der Waals surface area contributed by atoms with Crippen LogP contribution >= 0.6 is 15.9 Å². The van der Waals surface area contributed by atoms with E-state index in [9.17, 15) is 9.59 Å². The quantitative estimate of drug-likeness (QED) is 0.662. The number of nitrogens with one attached hydrogen (secondary N) is 2. The first-order valence-corrected chi connectivity index (χ1v) is 9.16. The number of aromatic nitrogens is 2. The smallest absolute Gasteiger partial charge is 0.413 e. The minimum atomic E-state index is -0.572. The highest BCUT2D eigenvalue weighted by atomic mass is 79.9. The second kappa shape index (κ2) is 6.96. The van der Waals surface area contributed by atoms with Crippen molar-refractivity contribution in [1.82, 2.24) is 9.97 Å². The predicted octanol–water partition coefficient (Wildman–Crippen LogP) is 3.93. The van der Waals surface area contributed by atoms with Gasteiger partial charge in [0.1, 0.15) is 12.1 Å². The average Bonchev–Trinajstić information content (AvgIpc) is 3.05. The number of benzene rings is 2. The molecule has 27 heavy (non-hydrogen) atoms. The van der Waals surface area contributed by atoms with E-state index in [1.54, 1.807) is 6.92 Å². The number of aliphatic imine (C=N–C) groups is 1. The van der Waals surface area contributed by atoms with E-state index in [1.807, 2.05) is 36.4 Å². The molecular weight excluding hydrogens is 412 g/mol. The number of hydrogen-bond donors (Lipinski definition) is 2. The number of carbonyl (C=O) groups is 2. The Bertz CT molecular complexity index is 1100. The van der Waals surface area contributed by atoms with Crippen LogP contribution in [0.3, 0.4) is 0 Å². The van der Waals surface area contributed by atoms with Gasteiger partial charge in [-0.15, -0.1) is 0 Å². The van der Waals surface area contributed by atoms with Gasteiger partial charge in [-0.25, -0.2) is 9.78 Å². The van der Waals surface area contributed by atoms with E-state index in [0.29, 0.717) is 17.0 Å². The predicted molar refractivity (Wildman–Crippen MR) is 106 cm³/mol. The average molecular weight is 427 g/mol. The van der Waals surface area contributed by atoms with Crippen molar-refractivity contribution < 1.29 is 14.3 Å². The molecule has 0 saturated heterocycles. The normalized spacial score (nSPS) is 13.3. The van der Waals surface area contributed by atoms with E-state index in [0.717, 1.165) is 26.8 Å². The molecule has 0 bridgehead atoms. The summed E-state index contributed by atoms with van der Waals surface area (Å²) in [6, 6.07) is 11.2. The van der Waals surface area contributed by atoms with Gasteiger partial charge in [-0.05, 0) is 35.0 Å². The Morgan fingerprint density at radius 1 is 1.30 bits per heavy atom. The van der Waals surface area contributed by atoms with Crippen molar-refractivity contribution in [3.8, 4) is 0 Å². The van der Waals surface area contributed by atoms with E-state index >= 15 is 0 Å². The number of anilines is 1. The molecule has 1 aliphatic rings. The number of carbonyl (C=O) groups excluding carboxylic acids is 2. The van der Waals surface area contributed by atoms with Crippen LogP contribution in [0.2, 0.25) is 0 Å². The summed E-state index contributed by atoms with van der Waals surface area (Å²) in [5.41, 5.74) is 4.48. The molecule has 136 valence electrons. The molecule has 7 nitrogen and oxygen atoms in total. The molecule has 2 N–H and O–H groups in total. The zero-order valence-electron chi connectivity index (χ0n) is 14.4. The number of halogens is 1. The Kier molecular flexibility index (Phi) is 4.49. The largest absolute Gasteiger partial charge is 0.450 e. The Morgan fingerprint density at radius 3 is 2.85 bits per heavy atom. The van der Waals surface area contributed by atoms with Crippen LogP contribution in [0.25, 0.3) is 11.0 Å². The molecule has 3 aromatic rings. The number of fused-ring (bicyclic) bond motifs is 2. The molecule has 8 heteroatoms. The number of hydrogen-bond acceptors (Lipinski definition) is 5. The lowest BCUT2D eigenvalue weighted by Gasteiger charge is -2.16. The van der Waals surface area contributed by atoms with Crippen molar-refractivity contribution in [1.29, 1.82) is 0 Å². The summed E-state index contributed by atoms with van der Waals surface area (Å²) >= 11 is 3.53. The van der Waals surface area contributed by atoms with Gasteiger partial charge in [0, 0.05) is 21.2 Å². The second-order valence-electron chi connectivity index (χ2n) is 5.92. The molecular formula is C19H15BrN4O3. The molecule has 1 aromatic heterocycles. The summed E-state index contributed by atoms with van der Waals surface area (Å²) in [7, 11) is 0. The standard InChI is InChI=1S/C19H15BrN4O3/c1-2-27-19(26)24-18-22-14-8-10(7-13(20)17(14)23-18)16-12-6-4-3-5-11(12)15(25)9-21-16/h3-8H,2,9H2,1H3,(H2,22,23,24,26). The highest BCUT2D eigenvalue weighted by molar-refractivity contribution is 9.10.